The first-order chi connectivity index (χ1) is 14.9. The average Bonchev–Trinajstić information content (AvgIpc) is 2.79. The number of anilines is 1. The van der Waals surface area contributed by atoms with E-state index in [0.717, 1.165) is 5.56 Å². The summed E-state index contributed by atoms with van der Waals surface area (Å²) in [5, 5.41) is 13.7. The highest BCUT2D eigenvalue weighted by atomic mass is 16.6. The molecule has 8 heteroatoms. The number of benzene rings is 3. The van der Waals surface area contributed by atoms with E-state index in [9.17, 15) is 19.7 Å². The molecule has 0 aromatic heterocycles. The van der Waals surface area contributed by atoms with E-state index in [4.69, 9.17) is 9.47 Å². The number of carbonyl (C=O) groups excluding carboxylic acids is 2. The summed E-state index contributed by atoms with van der Waals surface area (Å²) in [5.74, 6) is -0.873. The minimum Gasteiger partial charge on any atom is -0.489 e. The van der Waals surface area contributed by atoms with E-state index >= 15 is 0 Å². The first-order valence-electron chi connectivity index (χ1n) is 9.46. The molecule has 8 nitrogen and oxygen atoms in total. The molecule has 0 saturated heterocycles. The summed E-state index contributed by atoms with van der Waals surface area (Å²) in [6.45, 7) is 1.81. The fraction of sp³-hybridized carbons (Fsp3) is 0.130. The lowest BCUT2D eigenvalue weighted by atomic mass is 10.2. The second-order valence-corrected chi connectivity index (χ2v) is 6.61. The first-order valence-corrected chi connectivity index (χ1v) is 9.46. The van der Waals surface area contributed by atoms with Gasteiger partial charge in [0.05, 0.1) is 4.92 Å². The molecule has 1 atom stereocenters. The number of nitro groups is 1. The molecule has 0 heterocycles. The minimum atomic E-state index is -1.15. The minimum absolute atomic E-state index is 0.216. The number of nitro benzene ring substituents is 1. The van der Waals surface area contributed by atoms with Gasteiger partial charge < -0.3 is 14.8 Å². The van der Waals surface area contributed by atoms with Gasteiger partial charge in [-0.1, -0.05) is 42.5 Å². The molecule has 158 valence electrons. The fourth-order valence-electron chi connectivity index (χ4n) is 2.70. The molecular formula is C23H20N2O6. The standard InChI is InChI=1S/C23H20N2O6/c1-16(31-23(27)20-9-5-6-10-21(20)25(28)29)22(26)24-18-11-13-19(14-12-18)30-15-17-7-3-2-4-8-17/h2-14,16H,15H2,1H3,(H,24,26). The highest BCUT2D eigenvalue weighted by Gasteiger charge is 2.24. The molecule has 3 aromatic carbocycles. The van der Waals surface area contributed by atoms with E-state index in [1.165, 1.54) is 31.2 Å². The van der Waals surface area contributed by atoms with Gasteiger partial charge in [-0.3, -0.25) is 14.9 Å². The molecule has 0 aliphatic heterocycles. The summed E-state index contributed by atoms with van der Waals surface area (Å²) in [6, 6.07) is 21.9. The molecule has 1 N–H and O–H groups in total. The maximum atomic E-state index is 12.3. The molecule has 0 bridgehead atoms. The normalized spacial score (nSPS) is 11.3. The lowest BCUT2D eigenvalue weighted by Gasteiger charge is -2.14. The van der Waals surface area contributed by atoms with Gasteiger partial charge in [-0.25, -0.2) is 4.79 Å². The Morgan fingerprint density at radius 1 is 0.968 bits per heavy atom. The van der Waals surface area contributed by atoms with Crippen molar-refractivity contribution in [2.24, 2.45) is 0 Å². The van der Waals surface area contributed by atoms with Gasteiger partial charge in [0, 0.05) is 11.8 Å². The molecule has 3 rings (SSSR count). The summed E-state index contributed by atoms with van der Waals surface area (Å²) < 4.78 is 10.8. The van der Waals surface area contributed by atoms with Gasteiger partial charge in [0.2, 0.25) is 0 Å². The van der Waals surface area contributed by atoms with Crippen molar-refractivity contribution in [3.8, 4) is 5.75 Å². The van der Waals surface area contributed by atoms with Gasteiger partial charge in [0.15, 0.2) is 6.10 Å². The third-order valence-electron chi connectivity index (χ3n) is 4.34. The third kappa shape index (κ3) is 5.89. The zero-order chi connectivity index (χ0) is 22.2. The van der Waals surface area contributed by atoms with E-state index in [2.05, 4.69) is 5.32 Å². The number of nitrogens with zero attached hydrogens (tertiary/aromatic N) is 1. The number of hydrogen-bond acceptors (Lipinski definition) is 6. The van der Waals surface area contributed by atoms with Crippen molar-refractivity contribution >= 4 is 23.3 Å². The van der Waals surface area contributed by atoms with Gasteiger partial charge in [-0.2, -0.15) is 0 Å². The summed E-state index contributed by atoms with van der Waals surface area (Å²) in [5.41, 5.74) is 0.929. The topological polar surface area (TPSA) is 108 Å². The highest BCUT2D eigenvalue weighted by Crippen LogP contribution is 2.20. The largest absolute Gasteiger partial charge is 0.489 e. The number of carbonyl (C=O) groups is 2. The molecule has 3 aromatic rings. The number of nitrogens with one attached hydrogen (secondary N) is 1. The van der Waals surface area contributed by atoms with Crippen LogP contribution in [0.5, 0.6) is 5.75 Å². The molecule has 0 saturated carbocycles. The monoisotopic (exact) mass is 420 g/mol. The Morgan fingerprint density at radius 3 is 2.29 bits per heavy atom. The van der Waals surface area contributed by atoms with Crippen molar-refractivity contribution in [1.29, 1.82) is 0 Å². The molecule has 0 spiro atoms. The predicted molar refractivity (Wildman–Crippen MR) is 114 cm³/mol. The van der Waals surface area contributed by atoms with Crippen LogP contribution in [0.2, 0.25) is 0 Å². The summed E-state index contributed by atoms with van der Waals surface area (Å²) in [6.07, 6.45) is -1.15. The van der Waals surface area contributed by atoms with Crippen LogP contribution >= 0.6 is 0 Å². The molecule has 1 amide bonds. The number of hydrogen-bond donors (Lipinski definition) is 1. The maximum absolute atomic E-state index is 12.3. The van der Waals surface area contributed by atoms with Gasteiger partial charge in [-0.15, -0.1) is 0 Å². The Bertz CT molecular complexity index is 1070. The third-order valence-corrected chi connectivity index (χ3v) is 4.34. The quantitative estimate of drug-likeness (QED) is 0.330. The van der Waals surface area contributed by atoms with Crippen molar-refractivity contribution in [2.75, 3.05) is 5.32 Å². The van der Waals surface area contributed by atoms with Crippen LogP contribution in [-0.2, 0) is 16.1 Å². The van der Waals surface area contributed by atoms with Gasteiger partial charge in [0.1, 0.15) is 17.9 Å². The van der Waals surface area contributed by atoms with Crippen molar-refractivity contribution in [3.05, 3.63) is 100 Å². The first kappa shape index (κ1) is 21.5. The maximum Gasteiger partial charge on any atom is 0.345 e. The molecule has 0 aliphatic rings. The van der Waals surface area contributed by atoms with Crippen LogP contribution in [0.3, 0.4) is 0 Å². The van der Waals surface area contributed by atoms with E-state index in [-0.39, 0.29) is 11.3 Å². The number of esters is 1. The lowest BCUT2D eigenvalue weighted by Crippen LogP contribution is -2.30. The number of rotatable bonds is 8. The molecule has 0 radical (unpaired) electrons. The number of amides is 1. The summed E-state index contributed by atoms with van der Waals surface area (Å²) in [7, 11) is 0. The van der Waals surface area contributed by atoms with E-state index in [1.807, 2.05) is 30.3 Å². The molecule has 0 aliphatic carbocycles. The SMILES string of the molecule is CC(OC(=O)c1ccccc1[N+](=O)[O-])C(=O)Nc1ccc(OCc2ccccc2)cc1. The van der Waals surface area contributed by atoms with Crippen LogP contribution in [0.25, 0.3) is 0 Å². The lowest BCUT2D eigenvalue weighted by molar-refractivity contribution is -0.385. The van der Waals surface area contributed by atoms with Crippen molar-refractivity contribution in [1.82, 2.24) is 0 Å². The van der Waals surface area contributed by atoms with Crippen LogP contribution in [0, 0.1) is 10.1 Å². The number of para-hydroxylation sites is 1. The summed E-state index contributed by atoms with van der Waals surface area (Å²) >= 11 is 0. The zero-order valence-electron chi connectivity index (χ0n) is 16.7. The van der Waals surface area contributed by atoms with Crippen LogP contribution in [0.1, 0.15) is 22.8 Å². The second kappa shape index (κ2) is 10.0. The number of ether oxygens (including phenoxy) is 2. The molecule has 0 fully saturated rings. The zero-order valence-corrected chi connectivity index (χ0v) is 16.7. The average molecular weight is 420 g/mol. The van der Waals surface area contributed by atoms with Crippen molar-refractivity contribution < 1.29 is 24.0 Å². The van der Waals surface area contributed by atoms with Crippen LogP contribution < -0.4 is 10.1 Å². The molecular weight excluding hydrogens is 400 g/mol. The fourth-order valence-corrected chi connectivity index (χ4v) is 2.70. The van der Waals surface area contributed by atoms with Gasteiger partial charge in [0.25, 0.3) is 11.6 Å². The van der Waals surface area contributed by atoms with E-state index < -0.39 is 22.9 Å². The summed E-state index contributed by atoms with van der Waals surface area (Å²) in [4.78, 5) is 35.0. The van der Waals surface area contributed by atoms with E-state index in [0.29, 0.717) is 18.0 Å². The highest BCUT2D eigenvalue weighted by molar-refractivity contribution is 5.98. The smallest absolute Gasteiger partial charge is 0.345 e. The predicted octanol–water partition coefficient (Wildman–Crippen LogP) is 4.36. The Balaban J connectivity index is 1.54. The molecule has 1 unspecified atom stereocenters. The van der Waals surface area contributed by atoms with Gasteiger partial charge >= 0.3 is 5.97 Å². The second-order valence-electron chi connectivity index (χ2n) is 6.61. The Morgan fingerprint density at radius 2 is 1.61 bits per heavy atom. The molecule has 31 heavy (non-hydrogen) atoms. The Kier molecular flexibility index (Phi) is 6.95. The van der Waals surface area contributed by atoms with Gasteiger partial charge in [-0.05, 0) is 42.8 Å². The van der Waals surface area contributed by atoms with Crippen molar-refractivity contribution in [2.45, 2.75) is 19.6 Å². The Labute approximate surface area is 178 Å². The Hall–Kier alpha value is -4.20. The van der Waals surface area contributed by atoms with Crippen LogP contribution in [0.4, 0.5) is 11.4 Å². The van der Waals surface area contributed by atoms with E-state index in [1.54, 1.807) is 24.3 Å². The van der Waals surface area contributed by atoms with Crippen LogP contribution in [-0.4, -0.2) is 22.9 Å². The van der Waals surface area contributed by atoms with Crippen molar-refractivity contribution in [3.63, 3.8) is 0 Å². The van der Waals surface area contributed by atoms with Crippen LogP contribution in [0.15, 0.2) is 78.9 Å².